The second-order valence-electron chi connectivity index (χ2n) is 5.91. The Morgan fingerprint density at radius 2 is 2.00 bits per heavy atom. The SMILES string of the molecule is CCOC(=O)N1CCC(N[C@@H](C)[C@@H](O)c2ccc(F)cc2)CC1. The number of ether oxygens (including phenoxy) is 1. The quantitative estimate of drug-likeness (QED) is 0.873. The minimum Gasteiger partial charge on any atom is -0.450 e. The smallest absolute Gasteiger partial charge is 0.409 e. The van der Waals surface area contributed by atoms with Crippen LogP contribution < -0.4 is 5.32 Å². The highest BCUT2D eigenvalue weighted by atomic mass is 19.1. The second-order valence-corrected chi connectivity index (χ2v) is 5.91. The molecular formula is C17H25FN2O3. The van der Waals surface area contributed by atoms with Crippen molar-refractivity contribution in [2.45, 2.75) is 44.9 Å². The van der Waals surface area contributed by atoms with Crippen molar-refractivity contribution in [1.82, 2.24) is 10.2 Å². The van der Waals surface area contributed by atoms with Gasteiger partial charge < -0.3 is 20.1 Å². The van der Waals surface area contributed by atoms with Crippen molar-refractivity contribution < 1.29 is 19.0 Å². The molecule has 128 valence electrons. The molecule has 0 spiro atoms. The van der Waals surface area contributed by atoms with Crippen molar-refractivity contribution in [3.05, 3.63) is 35.6 Å². The van der Waals surface area contributed by atoms with E-state index in [9.17, 15) is 14.3 Å². The van der Waals surface area contributed by atoms with Gasteiger partial charge in [0.1, 0.15) is 5.82 Å². The Labute approximate surface area is 136 Å². The number of piperidine rings is 1. The van der Waals surface area contributed by atoms with Crippen LogP contribution in [0.25, 0.3) is 0 Å². The van der Waals surface area contributed by atoms with E-state index in [-0.39, 0.29) is 24.0 Å². The van der Waals surface area contributed by atoms with Crippen LogP contribution in [0, 0.1) is 5.82 Å². The van der Waals surface area contributed by atoms with E-state index in [1.807, 2.05) is 6.92 Å². The number of benzene rings is 1. The fraction of sp³-hybridized carbons (Fsp3) is 0.588. The summed E-state index contributed by atoms with van der Waals surface area (Å²) in [5.74, 6) is -0.312. The number of carbonyl (C=O) groups excluding carboxylic acids is 1. The van der Waals surface area contributed by atoms with Crippen molar-refractivity contribution in [3.8, 4) is 0 Å². The number of halogens is 1. The molecule has 1 aliphatic rings. The van der Waals surface area contributed by atoms with Gasteiger partial charge in [-0.25, -0.2) is 9.18 Å². The van der Waals surface area contributed by atoms with E-state index in [4.69, 9.17) is 4.74 Å². The Hall–Kier alpha value is -1.66. The number of rotatable bonds is 5. The Bertz CT molecular complexity index is 501. The summed E-state index contributed by atoms with van der Waals surface area (Å²) in [4.78, 5) is 13.4. The molecule has 1 saturated heterocycles. The topological polar surface area (TPSA) is 61.8 Å². The number of hydrogen-bond donors (Lipinski definition) is 2. The Kier molecular flexibility index (Phi) is 6.36. The van der Waals surface area contributed by atoms with Gasteiger partial charge in [0, 0.05) is 25.2 Å². The fourth-order valence-corrected chi connectivity index (χ4v) is 2.86. The van der Waals surface area contributed by atoms with Crippen molar-refractivity contribution in [2.75, 3.05) is 19.7 Å². The number of amides is 1. The third-order valence-corrected chi connectivity index (χ3v) is 4.20. The summed E-state index contributed by atoms with van der Waals surface area (Å²) in [5, 5.41) is 13.8. The van der Waals surface area contributed by atoms with Crippen LogP contribution >= 0.6 is 0 Å². The highest BCUT2D eigenvalue weighted by Gasteiger charge is 2.26. The number of hydrogen-bond acceptors (Lipinski definition) is 4. The van der Waals surface area contributed by atoms with Crippen LogP contribution in [0.1, 0.15) is 38.4 Å². The summed E-state index contributed by atoms with van der Waals surface area (Å²) in [6.45, 7) is 5.39. The van der Waals surface area contributed by atoms with Gasteiger partial charge in [0.15, 0.2) is 0 Å². The first-order valence-corrected chi connectivity index (χ1v) is 8.12. The van der Waals surface area contributed by atoms with Gasteiger partial charge in [-0.15, -0.1) is 0 Å². The zero-order valence-corrected chi connectivity index (χ0v) is 13.7. The standard InChI is InChI=1S/C17H25FN2O3/c1-3-23-17(22)20-10-8-15(9-11-20)19-12(2)16(21)13-4-6-14(18)7-5-13/h4-7,12,15-16,19,21H,3,8-11H2,1-2H3/t12-,16+/m0/s1. The number of aliphatic hydroxyl groups excluding tert-OH is 1. The van der Waals surface area contributed by atoms with E-state index in [2.05, 4.69) is 5.32 Å². The summed E-state index contributed by atoms with van der Waals surface area (Å²) in [6, 6.07) is 5.99. The van der Waals surface area contributed by atoms with E-state index >= 15 is 0 Å². The molecule has 2 rings (SSSR count). The minimum atomic E-state index is -0.696. The first-order chi connectivity index (χ1) is 11.0. The molecule has 23 heavy (non-hydrogen) atoms. The molecule has 1 fully saturated rings. The monoisotopic (exact) mass is 324 g/mol. The number of nitrogens with one attached hydrogen (secondary N) is 1. The third-order valence-electron chi connectivity index (χ3n) is 4.20. The van der Waals surface area contributed by atoms with E-state index in [0.29, 0.717) is 25.3 Å². The van der Waals surface area contributed by atoms with Gasteiger partial charge >= 0.3 is 6.09 Å². The van der Waals surface area contributed by atoms with E-state index in [1.54, 1.807) is 24.0 Å². The minimum absolute atomic E-state index is 0.153. The van der Waals surface area contributed by atoms with Gasteiger partial charge in [0.25, 0.3) is 0 Å². The molecule has 2 atom stereocenters. The highest BCUT2D eigenvalue weighted by molar-refractivity contribution is 5.67. The molecule has 5 nitrogen and oxygen atoms in total. The summed E-state index contributed by atoms with van der Waals surface area (Å²) in [6.07, 6.45) is 0.683. The zero-order chi connectivity index (χ0) is 16.8. The predicted octanol–water partition coefficient (Wildman–Crippen LogP) is 2.46. The molecule has 1 heterocycles. The van der Waals surface area contributed by atoms with Gasteiger partial charge in [-0.05, 0) is 44.4 Å². The lowest BCUT2D eigenvalue weighted by molar-refractivity contribution is 0.0872. The van der Waals surface area contributed by atoms with Crippen LogP contribution in [-0.2, 0) is 4.74 Å². The molecule has 0 bridgehead atoms. The maximum absolute atomic E-state index is 12.9. The molecule has 0 aliphatic carbocycles. The molecule has 1 amide bonds. The first kappa shape index (κ1) is 17.7. The second kappa shape index (κ2) is 8.26. The molecule has 1 aliphatic heterocycles. The molecule has 0 aromatic heterocycles. The molecule has 6 heteroatoms. The van der Waals surface area contributed by atoms with Gasteiger partial charge in [0.05, 0.1) is 12.7 Å². The van der Waals surface area contributed by atoms with Crippen LogP contribution in [0.5, 0.6) is 0 Å². The molecule has 0 unspecified atom stereocenters. The molecule has 0 radical (unpaired) electrons. The Morgan fingerprint density at radius 1 is 1.39 bits per heavy atom. The average Bonchev–Trinajstić information content (AvgIpc) is 2.55. The van der Waals surface area contributed by atoms with Crippen LogP contribution in [0.4, 0.5) is 9.18 Å². The summed E-state index contributed by atoms with van der Waals surface area (Å²) >= 11 is 0. The van der Waals surface area contributed by atoms with Crippen LogP contribution in [0.3, 0.4) is 0 Å². The summed E-state index contributed by atoms with van der Waals surface area (Å²) in [7, 11) is 0. The number of nitrogens with zero attached hydrogens (tertiary/aromatic N) is 1. The maximum Gasteiger partial charge on any atom is 0.409 e. The lowest BCUT2D eigenvalue weighted by Crippen LogP contribution is -2.48. The van der Waals surface area contributed by atoms with E-state index < -0.39 is 6.10 Å². The molecule has 1 aromatic rings. The van der Waals surface area contributed by atoms with Crippen molar-refractivity contribution in [1.29, 1.82) is 0 Å². The van der Waals surface area contributed by atoms with E-state index in [1.165, 1.54) is 12.1 Å². The number of carbonyl (C=O) groups is 1. The van der Waals surface area contributed by atoms with Crippen LogP contribution in [-0.4, -0.2) is 47.9 Å². The van der Waals surface area contributed by atoms with Gasteiger partial charge in [0.2, 0.25) is 0 Å². The number of likely N-dealkylation sites (tertiary alicyclic amines) is 1. The lowest BCUT2D eigenvalue weighted by Gasteiger charge is -2.34. The van der Waals surface area contributed by atoms with Crippen molar-refractivity contribution in [2.24, 2.45) is 0 Å². The molecule has 0 saturated carbocycles. The zero-order valence-electron chi connectivity index (χ0n) is 13.7. The van der Waals surface area contributed by atoms with Gasteiger partial charge in [-0.2, -0.15) is 0 Å². The van der Waals surface area contributed by atoms with E-state index in [0.717, 1.165) is 12.8 Å². The Balaban J connectivity index is 1.81. The van der Waals surface area contributed by atoms with Crippen LogP contribution in [0.2, 0.25) is 0 Å². The third kappa shape index (κ3) is 4.91. The van der Waals surface area contributed by atoms with Gasteiger partial charge in [-0.3, -0.25) is 0 Å². The van der Waals surface area contributed by atoms with Crippen molar-refractivity contribution >= 4 is 6.09 Å². The molecular weight excluding hydrogens is 299 g/mol. The first-order valence-electron chi connectivity index (χ1n) is 8.12. The molecule has 1 aromatic carbocycles. The fourth-order valence-electron chi connectivity index (χ4n) is 2.86. The summed E-state index contributed by atoms with van der Waals surface area (Å²) < 4.78 is 17.9. The summed E-state index contributed by atoms with van der Waals surface area (Å²) in [5.41, 5.74) is 0.690. The molecule has 2 N–H and O–H groups in total. The van der Waals surface area contributed by atoms with Gasteiger partial charge in [-0.1, -0.05) is 12.1 Å². The normalized spacial score (nSPS) is 18.5. The largest absolute Gasteiger partial charge is 0.450 e. The Morgan fingerprint density at radius 3 is 2.57 bits per heavy atom. The maximum atomic E-state index is 12.9. The predicted molar refractivity (Wildman–Crippen MR) is 85.6 cm³/mol. The van der Waals surface area contributed by atoms with Crippen LogP contribution in [0.15, 0.2) is 24.3 Å². The van der Waals surface area contributed by atoms with Crippen molar-refractivity contribution in [3.63, 3.8) is 0 Å². The highest BCUT2D eigenvalue weighted by Crippen LogP contribution is 2.19. The average molecular weight is 324 g/mol. The number of aliphatic hydroxyl groups is 1. The lowest BCUT2D eigenvalue weighted by atomic mass is 9.99.